The van der Waals surface area contributed by atoms with Gasteiger partial charge in [-0.2, -0.15) is 0 Å². The second-order valence-corrected chi connectivity index (χ2v) is 4.99. The van der Waals surface area contributed by atoms with Crippen LogP contribution < -0.4 is 0 Å². The Morgan fingerprint density at radius 1 is 1.06 bits per heavy atom. The minimum atomic E-state index is -0.528. The van der Waals surface area contributed by atoms with Gasteiger partial charge in [0.05, 0.1) is 11.1 Å². The van der Waals surface area contributed by atoms with Crippen LogP contribution in [0.25, 0.3) is 5.57 Å². The summed E-state index contributed by atoms with van der Waals surface area (Å²) in [5.74, 6) is -0.720. The summed E-state index contributed by atoms with van der Waals surface area (Å²) < 4.78 is 4.72. The molecule has 0 atom stereocenters. The Kier molecular flexibility index (Phi) is 3.32. The summed E-state index contributed by atoms with van der Waals surface area (Å²) in [5, 5.41) is 0. The van der Waals surface area contributed by atoms with Crippen LogP contribution in [0.15, 0.2) is 29.8 Å². The van der Waals surface area contributed by atoms with Gasteiger partial charge in [0.15, 0.2) is 0 Å². The second-order valence-electron chi connectivity index (χ2n) is 4.99. The number of hydrogen-bond donors (Lipinski definition) is 0. The van der Waals surface area contributed by atoms with Gasteiger partial charge in [-0.15, -0.1) is 0 Å². The lowest BCUT2D eigenvalue weighted by molar-refractivity contribution is -0.150. The van der Waals surface area contributed by atoms with Gasteiger partial charge in [-0.1, -0.05) is 43.7 Å². The highest BCUT2D eigenvalue weighted by Crippen LogP contribution is 2.31. The Balaban J connectivity index is 2.48. The first-order valence-corrected chi connectivity index (χ1v) is 6.05. The number of carbonyl (C=O) groups is 2. The molecule has 0 fully saturated rings. The lowest BCUT2D eigenvalue weighted by Gasteiger charge is -2.05. The highest BCUT2D eigenvalue weighted by molar-refractivity contribution is 6.30. The summed E-state index contributed by atoms with van der Waals surface area (Å²) in [4.78, 5) is 23.4. The van der Waals surface area contributed by atoms with Crippen molar-refractivity contribution in [2.45, 2.75) is 27.2 Å². The fourth-order valence-corrected chi connectivity index (χ4v) is 2.03. The van der Waals surface area contributed by atoms with Gasteiger partial charge < -0.3 is 4.74 Å². The van der Waals surface area contributed by atoms with Gasteiger partial charge >= 0.3 is 11.9 Å². The number of hydrogen-bond acceptors (Lipinski definition) is 3. The smallest absolute Gasteiger partial charge is 0.347 e. The van der Waals surface area contributed by atoms with Gasteiger partial charge in [-0.25, -0.2) is 9.59 Å². The molecule has 1 aliphatic heterocycles. The van der Waals surface area contributed by atoms with E-state index in [4.69, 9.17) is 4.74 Å². The fraction of sp³-hybridized carbons (Fsp3) is 0.333. The molecule has 1 heterocycles. The normalized spacial score (nSPS) is 15.6. The van der Waals surface area contributed by atoms with E-state index in [-0.39, 0.29) is 0 Å². The molecule has 0 spiro atoms. The molecule has 0 amide bonds. The Labute approximate surface area is 106 Å². The van der Waals surface area contributed by atoms with E-state index in [1.165, 1.54) is 0 Å². The van der Waals surface area contributed by atoms with Crippen molar-refractivity contribution in [2.24, 2.45) is 5.92 Å². The summed E-state index contributed by atoms with van der Waals surface area (Å²) in [6.07, 6.45) is 0.563. The molecule has 18 heavy (non-hydrogen) atoms. The topological polar surface area (TPSA) is 43.4 Å². The number of cyclic esters (lactones) is 2. The van der Waals surface area contributed by atoms with Crippen LogP contribution in [0.3, 0.4) is 0 Å². The van der Waals surface area contributed by atoms with E-state index in [0.717, 1.165) is 11.1 Å². The van der Waals surface area contributed by atoms with Crippen molar-refractivity contribution >= 4 is 17.5 Å². The number of ether oxygens (including phenoxy) is 1. The quantitative estimate of drug-likeness (QED) is 0.606. The van der Waals surface area contributed by atoms with E-state index in [1.54, 1.807) is 0 Å². The average molecular weight is 244 g/mol. The molecule has 1 aromatic carbocycles. The number of aryl methyl sites for hydroxylation is 1. The molecule has 0 aromatic heterocycles. The van der Waals surface area contributed by atoms with Crippen molar-refractivity contribution in [3.8, 4) is 0 Å². The van der Waals surface area contributed by atoms with Crippen molar-refractivity contribution in [3.63, 3.8) is 0 Å². The van der Waals surface area contributed by atoms with Gasteiger partial charge in [0.2, 0.25) is 0 Å². The molecule has 1 aliphatic rings. The maximum absolute atomic E-state index is 11.8. The first kappa shape index (κ1) is 12.6. The standard InChI is InChI=1S/C15H16O3/c1-9(2)8-12-13(15(17)18-14(12)16)11-6-4-10(3)5-7-11/h4-7,9H,8H2,1-3H3. The van der Waals surface area contributed by atoms with Crippen LogP contribution in [0.4, 0.5) is 0 Å². The molecule has 0 N–H and O–H groups in total. The highest BCUT2D eigenvalue weighted by atomic mass is 16.6. The summed E-state index contributed by atoms with van der Waals surface area (Å²) >= 11 is 0. The molecule has 3 nitrogen and oxygen atoms in total. The van der Waals surface area contributed by atoms with Gasteiger partial charge in [-0.05, 0) is 24.8 Å². The van der Waals surface area contributed by atoms with E-state index >= 15 is 0 Å². The molecule has 0 radical (unpaired) electrons. The first-order valence-electron chi connectivity index (χ1n) is 6.05. The summed E-state index contributed by atoms with van der Waals surface area (Å²) in [7, 11) is 0. The summed E-state index contributed by atoms with van der Waals surface area (Å²) in [6.45, 7) is 6.00. The zero-order valence-electron chi connectivity index (χ0n) is 10.8. The third-order valence-electron chi connectivity index (χ3n) is 2.89. The number of rotatable bonds is 3. The zero-order valence-corrected chi connectivity index (χ0v) is 10.8. The van der Waals surface area contributed by atoms with E-state index in [1.807, 2.05) is 45.0 Å². The number of carbonyl (C=O) groups excluding carboxylic acids is 2. The number of esters is 2. The van der Waals surface area contributed by atoms with Crippen LogP contribution in [0.2, 0.25) is 0 Å². The molecule has 0 unspecified atom stereocenters. The molecule has 0 bridgehead atoms. The maximum Gasteiger partial charge on any atom is 0.347 e. The van der Waals surface area contributed by atoms with E-state index in [9.17, 15) is 9.59 Å². The van der Waals surface area contributed by atoms with Gasteiger partial charge in [0.1, 0.15) is 0 Å². The van der Waals surface area contributed by atoms with Gasteiger partial charge in [0, 0.05) is 0 Å². The number of benzene rings is 1. The maximum atomic E-state index is 11.8. The lowest BCUT2D eigenvalue weighted by Crippen LogP contribution is -2.03. The molecule has 94 valence electrons. The van der Waals surface area contributed by atoms with Crippen LogP contribution in [-0.4, -0.2) is 11.9 Å². The van der Waals surface area contributed by atoms with Gasteiger partial charge in [-0.3, -0.25) is 0 Å². The van der Waals surface area contributed by atoms with Crippen LogP contribution >= 0.6 is 0 Å². The predicted molar refractivity (Wildman–Crippen MR) is 68.7 cm³/mol. The van der Waals surface area contributed by atoms with Crippen LogP contribution in [0, 0.1) is 12.8 Å². The highest BCUT2D eigenvalue weighted by Gasteiger charge is 2.33. The molecule has 0 saturated heterocycles. The van der Waals surface area contributed by atoms with Crippen LogP contribution in [-0.2, 0) is 14.3 Å². The minimum absolute atomic E-state index is 0.305. The Morgan fingerprint density at radius 2 is 1.67 bits per heavy atom. The van der Waals surface area contributed by atoms with Crippen molar-refractivity contribution in [3.05, 3.63) is 41.0 Å². The fourth-order valence-electron chi connectivity index (χ4n) is 2.03. The minimum Gasteiger partial charge on any atom is -0.386 e. The molecule has 2 rings (SSSR count). The molecule has 3 heteroatoms. The van der Waals surface area contributed by atoms with Crippen molar-refractivity contribution in [1.29, 1.82) is 0 Å². The van der Waals surface area contributed by atoms with Crippen LogP contribution in [0.5, 0.6) is 0 Å². The Bertz CT molecular complexity index is 521. The average Bonchev–Trinajstić information content (AvgIpc) is 2.55. The monoisotopic (exact) mass is 244 g/mol. The molecule has 1 aromatic rings. The Hall–Kier alpha value is -1.90. The van der Waals surface area contributed by atoms with Crippen molar-refractivity contribution < 1.29 is 14.3 Å². The summed E-state index contributed by atoms with van der Waals surface area (Å²) in [6, 6.07) is 7.55. The third kappa shape index (κ3) is 2.35. The first-order chi connectivity index (χ1) is 8.49. The van der Waals surface area contributed by atoms with E-state index in [2.05, 4.69) is 0 Å². The molecular weight excluding hydrogens is 228 g/mol. The third-order valence-corrected chi connectivity index (χ3v) is 2.89. The summed E-state index contributed by atoms with van der Waals surface area (Å²) in [5.41, 5.74) is 2.79. The molecular formula is C15H16O3. The van der Waals surface area contributed by atoms with Crippen molar-refractivity contribution in [2.75, 3.05) is 0 Å². The molecule has 0 saturated carbocycles. The molecule has 0 aliphatic carbocycles. The largest absolute Gasteiger partial charge is 0.386 e. The van der Waals surface area contributed by atoms with Crippen molar-refractivity contribution in [1.82, 2.24) is 0 Å². The van der Waals surface area contributed by atoms with Gasteiger partial charge in [0.25, 0.3) is 0 Å². The zero-order chi connectivity index (χ0) is 13.3. The Morgan fingerprint density at radius 3 is 2.22 bits per heavy atom. The van der Waals surface area contributed by atoms with E-state index < -0.39 is 11.9 Å². The van der Waals surface area contributed by atoms with Crippen LogP contribution in [0.1, 0.15) is 31.4 Å². The van der Waals surface area contributed by atoms with E-state index in [0.29, 0.717) is 23.5 Å². The predicted octanol–water partition coefficient (Wildman–Crippen LogP) is 2.88. The second kappa shape index (κ2) is 4.77. The lowest BCUT2D eigenvalue weighted by atomic mass is 9.95. The SMILES string of the molecule is Cc1ccc(C2=C(CC(C)C)C(=O)OC2=O)cc1.